The molecule has 7 heteroatoms. The molecule has 0 saturated heterocycles. The lowest BCUT2D eigenvalue weighted by molar-refractivity contribution is 0.170. The first-order valence-corrected chi connectivity index (χ1v) is 6.68. The predicted octanol–water partition coefficient (Wildman–Crippen LogP) is 2.41. The van der Waals surface area contributed by atoms with Crippen molar-refractivity contribution < 1.29 is 19.0 Å². The largest absolute Gasteiger partial charge is 0.497 e. The van der Waals surface area contributed by atoms with Gasteiger partial charge in [0.25, 0.3) is 0 Å². The Morgan fingerprint density at radius 1 is 1.43 bits per heavy atom. The number of aliphatic hydroxyl groups excluding tert-OH is 1. The number of methoxy groups -OCH3 is 2. The van der Waals surface area contributed by atoms with Crippen LogP contribution in [-0.2, 0) is 11.3 Å². The highest BCUT2D eigenvalue weighted by molar-refractivity contribution is 6.31. The van der Waals surface area contributed by atoms with Gasteiger partial charge in [-0.05, 0) is 12.1 Å². The molecule has 0 radical (unpaired) electrons. The highest BCUT2D eigenvalue weighted by atomic mass is 35.5. The summed E-state index contributed by atoms with van der Waals surface area (Å²) in [6.07, 6.45) is 0.194. The number of aromatic nitrogens is 2. The van der Waals surface area contributed by atoms with Crippen LogP contribution >= 0.6 is 11.6 Å². The van der Waals surface area contributed by atoms with Gasteiger partial charge in [-0.15, -0.1) is 0 Å². The Hall–Kier alpha value is -1.63. The monoisotopic (exact) mass is 314 g/mol. The van der Waals surface area contributed by atoms with E-state index in [-0.39, 0.29) is 10.6 Å². The van der Waals surface area contributed by atoms with E-state index in [1.165, 1.54) is 30.1 Å². The normalized spacial score (nSPS) is 12.4. The Bertz CT molecular complexity index is 618. The van der Waals surface area contributed by atoms with Crippen LogP contribution in [0.3, 0.4) is 0 Å². The molecule has 0 spiro atoms. The van der Waals surface area contributed by atoms with Crippen LogP contribution < -0.4 is 4.74 Å². The van der Waals surface area contributed by atoms with E-state index >= 15 is 0 Å². The number of aliphatic hydroxyl groups is 1. The van der Waals surface area contributed by atoms with Gasteiger partial charge in [-0.2, -0.15) is 5.10 Å². The van der Waals surface area contributed by atoms with Gasteiger partial charge in [0.15, 0.2) is 0 Å². The molecule has 0 aliphatic rings. The molecule has 0 aliphatic heterocycles. The van der Waals surface area contributed by atoms with Gasteiger partial charge < -0.3 is 14.6 Å². The Kier molecular flexibility index (Phi) is 5.17. The summed E-state index contributed by atoms with van der Waals surface area (Å²) in [6, 6.07) is 4.25. The van der Waals surface area contributed by atoms with Crippen molar-refractivity contribution in [2.75, 3.05) is 20.8 Å². The van der Waals surface area contributed by atoms with Crippen LogP contribution in [0.4, 0.5) is 4.39 Å². The van der Waals surface area contributed by atoms with Crippen LogP contribution in [0.2, 0.25) is 5.02 Å². The number of halogens is 2. The van der Waals surface area contributed by atoms with Crippen molar-refractivity contribution in [1.29, 1.82) is 0 Å². The molecular formula is C14H16ClFN2O3. The summed E-state index contributed by atoms with van der Waals surface area (Å²) in [4.78, 5) is 0. The smallest absolute Gasteiger partial charge is 0.133 e. The first kappa shape index (κ1) is 15.8. The van der Waals surface area contributed by atoms with Gasteiger partial charge in [-0.25, -0.2) is 4.39 Å². The Balaban J connectivity index is 2.35. The van der Waals surface area contributed by atoms with Gasteiger partial charge in [-0.1, -0.05) is 11.6 Å². The quantitative estimate of drug-likeness (QED) is 0.889. The highest BCUT2D eigenvalue weighted by Crippen LogP contribution is 2.31. The lowest BCUT2D eigenvalue weighted by Crippen LogP contribution is -2.14. The van der Waals surface area contributed by atoms with Crippen molar-refractivity contribution in [2.24, 2.45) is 0 Å². The Labute approximate surface area is 126 Å². The number of ether oxygens (including phenoxy) is 2. The summed E-state index contributed by atoms with van der Waals surface area (Å²) in [5, 5.41) is 14.8. The lowest BCUT2D eigenvalue weighted by atomic mass is 10.1. The van der Waals surface area contributed by atoms with Gasteiger partial charge in [0.2, 0.25) is 0 Å². The molecule has 1 aromatic carbocycles. The zero-order chi connectivity index (χ0) is 15.4. The van der Waals surface area contributed by atoms with Crippen LogP contribution in [0.15, 0.2) is 24.4 Å². The molecule has 0 saturated carbocycles. The van der Waals surface area contributed by atoms with Crippen molar-refractivity contribution in [3.8, 4) is 5.75 Å². The maximum Gasteiger partial charge on any atom is 0.133 e. The summed E-state index contributed by atoms with van der Waals surface area (Å²) in [5.41, 5.74) is 0.439. The molecule has 1 unspecified atom stereocenters. The maximum absolute atomic E-state index is 14.1. The second kappa shape index (κ2) is 6.89. The van der Waals surface area contributed by atoms with Crippen LogP contribution in [0.25, 0.3) is 0 Å². The van der Waals surface area contributed by atoms with Crippen molar-refractivity contribution in [1.82, 2.24) is 9.78 Å². The molecule has 1 heterocycles. The van der Waals surface area contributed by atoms with E-state index in [0.717, 1.165) is 0 Å². The van der Waals surface area contributed by atoms with E-state index in [9.17, 15) is 9.50 Å². The topological polar surface area (TPSA) is 56.5 Å². The average molecular weight is 315 g/mol. The summed E-state index contributed by atoms with van der Waals surface area (Å²) in [5.74, 6) is -0.195. The van der Waals surface area contributed by atoms with Crippen LogP contribution in [-0.4, -0.2) is 35.7 Å². The third kappa shape index (κ3) is 3.34. The number of nitrogens with zero attached hydrogens (tertiary/aromatic N) is 2. The molecule has 1 N–H and O–H groups in total. The molecule has 0 amide bonds. The molecule has 21 heavy (non-hydrogen) atoms. The molecule has 2 aromatic rings. The molecular weight excluding hydrogens is 299 g/mol. The zero-order valence-corrected chi connectivity index (χ0v) is 12.5. The third-order valence-electron chi connectivity index (χ3n) is 3.10. The van der Waals surface area contributed by atoms with Crippen molar-refractivity contribution >= 4 is 11.6 Å². The Morgan fingerprint density at radius 3 is 2.81 bits per heavy atom. The van der Waals surface area contributed by atoms with Gasteiger partial charge in [0, 0.05) is 18.7 Å². The zero-order valence-electron chi connectivity index (χ0n) is 11.7. The van der Waals surface area contributed by atoms with Gasteiger partial charge >= 0.3 is 0 Å². The number of hydrogen-bond acceptors (Lipinski definition) is 4. The average Bonchev–Trinajstić information content (AvgIpc) is 2.85. The van der Waals surface area contributed by atoms with Crippen LogP contribution in [0.5, 0.6) is 5.75 Å². The van der Waals surface area contributed by atoms with Gasteiger partial charge in [-0.3, -0.25) is 4.68 Å². The SMILES string of the molecule is COCCn1ncc(Cl)c1C(O)c1ccc(OC)cc1F. The molecule has 0 aliphatic carbocycles. The predicted molar refractivity (Wildman–Crippen MR) is 76.1 cm³/mol. The van der Waals surface area contributed by atoms with Gasteiger partial charge in [0.1, 0.15) is 17.7 Å². The molecule has 2 rings (SSSR count). The number of hydrogen-bond donors (Lipinski definition) is 1. The minimum atomic E-state index is -1.22. The van der Waals surface area contributed by atoms with Crippen molar-refractivity contribution in [3.05, 3.63) is 46.5 Å². The fourth-order valence-electron chi connectivity index (χ4n) is 2.00. The number of benzene rings is 1. The maximum atomic E-state index is 14.1. The van der Waals surface area contributed by atoms with E-state index in [0.29, 0.717) is 24.6 Å². The first-order valence-electron chi connectivity index (χ1n) is 6.30. The number of rotatable bonds is 6. The van der Waals surface area contributed by atoms with Crippen LogP contribution in [0.1, 0.15) is 17.4 Å². The summed E-state index contributed by atoms with van der Waals surface area (Å²) < 4.78 is 25.5. The molecule has 114 valence electrons. The fraction of sp³-hybridized carbons (Fsp3) is 0.357. The third-order valence-corrected chi connectivity index (χ3v) is 3.39. The lowest BCUT2D eigenvalue weighted by Gasteiger charge is -2.15. The Morgan fingerprint density at radius 2 is 2.19 bits per heavy atom. The highest BCUT2D eigenvalue weighted by Gasteiger charge is 2.22. The summed E-state index contributed by atoms with van der Waals surface area (Å²) in [6.45, 7) is 0.816. The second-order valence-corrected chi connectivity index (χ2v) is 4.79. The molecule has 1 aromatic heterocycles. The van der Waals surface area contributed by atoms with E-state index in [2.05, 4.69) is 5.10 Å². The molecule has 0 bridgehead atoms. The van der Waals surface area contributed by atoms with Crippen molar-refractivity contribution in [3.63, 3.8) is 0 Å². The van der Waals surface area contributed by atoms with E-state index in [1.54, 1.807) is 13.2 Å². The van der Waals surface area contributed by atoms with Gasteiger partial charge in [0.05, 0.1) is 37.2 Å². The summed E-state index contributed by atoms with van der Waals surface area (Å²) >= 11 is 6.05. The summed E-state index contributed by atoms with van der Waals surface area (Å²) in [7, 11) is 3.01. The second-order valence-electron chi connectivity index (χ2n) is 4.38. The van der Waals surface area contributed by atoms with E-state index in [1.807, 2.05) is 0 Å². The fourth-order valence-corrected chi connectivity index (χ4v) is 2.25. The molecule has 5 nitrogen and oxygen atoms in total. The van der Waals surface area contributed by atoms with Crippen LogP contribution in [0, 0.1) is 5.82 Å². The van der Waals surface area contributed by atoms with E-state index < -0.39 is 11.9 Å². The molecule has 0 fully saturated rings. The van der Waals surface area contributed by atoms with Crippen molar-refractivity contribution in [2.45, 2.75) is 12.6 Å². The minimum absolute atomic E-state index is 0.108. The standard InChI is InChI=1S/C14H16ClFN2O3/c1-20-6-5-18-13(11(15)8-17-18)14(19)10-4-3-9(21-2)7-12(10)16/h3-4,7-8,14,19H,5-6H2,1-2H3. The first-order chi connectivity index (χ1) is 10.1. The minimum Gasteiger partial charge on any atom is -0.497 e. The van der Waals surface area contributed by atoms with E-state index in [4.69, 9.17) is 21.1 Å². The molecule has 1 atom stereocenters.